The summed E-state index contributed by atoms with van der Waals surface area (Å²) < 4.78 is 0.701. The van der Waals surface area contributed by atoms with Crippen molar-refractivity contribution >= 4 is 50.7 Å². The quantitative estimate of drug-likeness (QED) is 0.788. The van der Waals surface area contributed by atoms with Gasteiger partial charge in [-0.3, -0.25) is 4.79 Å². The normalized spacial score (nSPS) is 17.5. The van der Waals surface area contributed by atoms with Gasteiger partial charge in [0.2, 0.25) is 5.91 Å². The molecule has 1 aliphatic carbocycles. The van der Waals surface area contributed by atoms with E-state index in [-0.39, 0.29) is 5.91 Å². The van der Waals surface area contributed by atoms with Gasteiger partial charge < -0.3 is 11.1 Å². The Balaban J connectivity index is 2.22. The fourth-order valence-corrected chi connectivity index (χ4v) is 3.27. The van der Waals surface area contributed by atoms with Crippen molar-refractivity contribution in [3.63, 3.8) is 0 Å². The number of hydrogen-bond acceptors (Lipinski definition) is 2. The molecule has 1 fully saturated rings. The van der Waals surface area contributed by atoms with Crippen LogP contribution in [0.5, 0.6) is 0 Å². The summed E-state index contributed by atoms with van der Waals surface area (Å²) in [5, 5.41) is 3.59. The Morgan fingerprint density at radius 1 is 1.32 bits per heavy atom. The molecule has 1 aromatic rings. The predicted molar refractivity (Wildman–Crippen MR) is 82.7 cm³/mol. The van der Waals surface area contributed by atoms with Crippen LogP contribution in [0.3, 0.4) is 0 Å². The highest BCUT2D eigenvalue weighted by Crippen LogP contribution is 2.40. The van der Waals surface area contributed by atoms with Gasteiger partial charge >= 0.3 is 0 Å². The number of halogens is 3. The summed E-state index contributed by atoms with van der Waals surface area (Å²) >= 11 is 15.5. The number of nitrogens with two attached hydrogens (primary N) is 1. The molecule has 1 saturated carbocycles. The molecular formula is C13H15BrCl2N2O. The summed E-state index contributed by atoms with van der Waals surface area (Å²) in [6, 6.07) is 3.49. The predicted octanol–water partition coefficient (Wildman–Crippen LogP) is 4.21. The molecule has 0 saturated heterocycles. The molecule has 1 aromatic carbocycles. The number of nitrogens with one attached hydrogen (secondary N) is 1. The lowest BCUT2D eigenvalue weighted by molar-refractivity contribution is -0.124. The second kappa shape index (κ2) is 6.00. The molecule has 2 rings (SSSR count). The van der Waals surface area contributed by atoms with Gasteiger partial charge in [0.1, 0.15) is 0 Å². The van der Waals surface area contributed by atoms with E-state index in [1.165, 1.54) is 0 Å². The molecule has 0 aliphatic heterocycles. The Morgan fingerprint density at radius 3 is 2.53 bits per heavy atom. The smallest absolute Gasteiger partial charge is 0.231 e. The van der Waals surface area contributed by atoms with Crippen LogP contribution in [0.15, 0.2) is 16.6 Å². The first-order valence-corrected chi connectivity index (χ1v) is 7.70. The van der Waals surface area contributed by atoms with E-state index >= 15 is 0 Å². The van der Waals surface area contributed by atoms with Gasteiger partial charge in [-0.05, 0) is 40.9 Å². The minimum Gasteiger partial charge on any atom is -0.329 e. The second-order valence-corrected chi connectivity index (χ2v) is 6.48. The van der Waals surface area contributed by atoms with Gasteiger partial charge in [-0.15, -0.1) is 0 Å². The van der Waals surface area contributed by atoms with Crippen LogP contribution in [0.2, 0.25) is 10.0 Å². The third-order valence-electron chi connectivity index (χ3n) is 3.72. The van der Waals surface area contributed by atoms with Crippen molar-refractivity contribution in [1.29, 1.82) is 0 Å². The molecule has 6 heteroatoms. The maximum absolute atomic E-state index is 12.4. The van der Waals surface area contributed by atoms with E-state index in [2.05, 4.69) is 21.2 Å². The average molecular weight is 366 g/mol. The van der Waals surface area contributed by atoms with Gasteiger partial charge in [-0.1, -0.05) is 36.0 Å². The number of rotatable bonds is 3. The van der Waals surface area contributed by atoms with Crippen LogP contribution in [0.25, 0.3) is 0 Å². The summed E-state index contributed by atoms with van der Waals surface area (Å²) in [7, 11) is 0. The van der Waals surface area contributed by atoms with Crippen molar-refractivity contribution in [3.05, 3.63) is 26.7 Å². The summed E-state index contributed by atoms with van der Waals surface area (Å²) in [5.41, 5.74) is 5.86. The molecule has 1 aliphatic rings. The zero-order valence-corrected chi connectivity index (χ0v) is 13.4. The van der Waals surface area contributed by atoms with Crippen LogP contribution in [0, 0.1) is 5.41 Å². The van der Waals surface area contributed by atoms with E-state index in [0.29, 0.717) is 26.8 Å². The molecule has 0 bridgehead atoms. The molecule has 0 spiro atoms. The molecule has 0 unspecified atom stereocenters. The number of carbonyl (C=O) groups excluding carboxylic acids is 1. The third-order valence-corrected chi connectivity index (χ3v) is 5.49. The van der Waals surface area contributed by atoms with Gasteiger partial charge in [0.25, 0.3) is 0 Å². The molecular weight excluding hydrogens is 351 g/mol. The summed E-state index contributed by atoms with van der Waals surface area (Å²) in [4.78, 5) is 12.4. The lowest BCUT2D eigenvalue weighted by Crippen LogP contribution is -2.40. The van der Waals surface area contributed by atoms with E-state index in [1.807, 2.05) is 0 Å². The van der Waals surface area contributed by atoms with Crippen LogP contribution < -0.4 is 11.1 Å². The van der Waals surface area contributed by atoms with Crippen LogP contribution in [0.1, 0.15) is 25.7 Å². The van der Waals surface area contributed by atoms with Crippen LogP contribution in [-0.4, -0.2) is 12.5 Å². The highest BCUT2D eigenvalue weighted by Gasteiger charge is 2.40. The topological polar surface area (TPSA) is 55.1 Å². The lowest BCUT2D eigenvalue weighted by Gasteiger charge is -2.26. The standard InChI is InChI=1S/C13H15BrCl2N2O/c14-8-3-4-9(11(16)10(8)15)18-12(19)13(7-17)5-1-2-6-13/h3-4H,1-2,5-7,17H2,(H,18,19). The second-order valence-electron chi connectivity index (χ2n) is 4.87. The van der Waals surface area contributed by atoms with Gasteiger partial charge in [0.05, 0.1) is 21.1 Å². The van der Waals surface area contributed by atoms with Gasteiger partial charge in [-0.2, -0.15) is 0 Å². The Hall–Kier alpha value is -0.290. The average Bonchev–Trinajstić information content (AvgIpc) is 2.89. The monoisotopic (exact) mass is 364 g/mol. The van der Waals surface area contributed by atoms with E-state index in [0.717, 1.165) is 25.7 Å². The fourth-order valence-electron chi connectivity index (χ4n) is 2.45. The van der Waals surface area contributed by atoms with Crippen molar-refractivity contribution in [2.24, 2.45) is 11.1 Å². The van der Waals surface area contributed by atoms with Crippen LogP contribution in [0.4, 0.5) is 5.69 Å². The fraction of sp³-hybridized carbons (Fsp3) is 0.462. The summed E-state index contributed by atoms with van der Waals surface area (Å²) in [6.45, 7) is 0.362. The first-order chi connectivity index (χ1) is 9.00. The van der Waals surface area contributed by atoms with Crippen molar-refractivity contribution in [1.82, 2.24) is 0 Å². The lowest BCUT2D eigenvalue weighted by atomic mass is 9.85. The van der Waals surface area contributed by atoms with Crippen molar-refractivity contribution in [2.45, 2.75) is 25.7 Å². The molecule has 0 radical (unpaired) electrons. The molecule has 0 aromatic heterocycles. The highest BCUT2D eigenvalue weighted by atomic mass is 79.9. The summed E-state index contributed by atoms with van der Waals surface area (Å²) in [6.07, 6.45) is 3.74. The van der Waals surface area contributed by atoms with Gasteiger partial charge in [0.15, 0.2) is 0 Å². The number of amides is 1. The molecule has 19 heavy (non-hydrogen) atoms. The highest BCUT2D eigenvalue weighted by molar-refractivity contribution is 9.10. The Kier molecular flexibility index (Phi) is 4.77. The molecule has 3 nitrogen and oxygen atoms in total. The Bertz CT molecular complexity index is 502. The van der Waals surface area contributed by atoms with Crippen molar-refractivity contribution in [3.8, 4) is 0 Å². The van der Waals surface area contributed by atoms with Crippen LogP contribution >= 0.6 is 39.1 Å². The Labute approximate surface area is 131 Å². The molecule has 0 atom stereocenters. The van der Waals surface area contributed by atoms with Crippen LogP contribution in [-0.2, 0) is 4.79 Å². The molecule has 0 heterocycles. The maximum atomic E-state index is 12.4. The molecule has 104 valence electrons. The SMILES string of the molecule is NCC1(C(=O)Nc2ccc(Br)c(Cl)c2Cl)CCCC1. The van der Waals surface area contributed by atoms with E-state index < -0.39 is 5.41 Å². The minimum absolute atomic E-state index is 0.0622. The van der Waals surface area contributed by atoms with Gasteiger partial charge in [-0.25, -0.2) is 0 Å². The van der Waals surface area contributed by atoms with E-state index in [1.54, 1.807) is 12.1 Å². The Morgan fingerprint density at radius 2 is 1.95 bits per heavy atom. The first kappa shape index (κ1) is 15.1. The maximum Gasteiger partial charge on any atom is 0.231 e. The summed E-state index contributed by atoms with van der Waals surface area (Å²) in [5.74, 6) is -0.0622. The van der Waals surface area contributed by atoms with Gasteiger partial charge in [0, 0.05) is 11.0 Å². The number of hydrogen-bond donors (Lipinski definition) is 2. The van der Waals surface area contributed by atoms with E-state index in [9.17, 15) is 4.79 Å². The zero-order valence-electron chi connectivity index (χ0n) is 10.3. The first-order valence-electron chi connectivity index (χ1n) is 6.15. The number of benzene rings is 1. The largest absolute Gasteiger partial charge is 0.329 e. The van der Waals surface area contributed by atoms with Crippen molar-refractivity contribution in [2.75, 3.05) is 11.9 Å². The number of carbonyl (C=O) groups is 1. The molecule has 3 N–H and O–H groups in total. The number of anilines is 1. The minimum atomic E-state index is -0.455. The van der Waals surface area contributed by atoms with E-state index in [4.69, 9.17) is 28.9 Å². The molecule has 1 amide bonds. The zero-order chi connectivity index (χ0) is 14.0. The third kappa shape index (κ3) is 2.92. The van der Waals surface area contributed by atoms with Crippen molar-refractivity contribution < 1.29 is 4.79 Å².